The highest BCUT2D eigenvalue weighted by atomic mass is 79.9. The molecular weight excluding hydrogens is 286 g/mol. The molecule has 1 aromatic rings. The van der Waals surface area contributed by atoms with E-state index >= 15 is 0 Å². The van der Waals surface area contributed by atoms with Crippen molar-refractivity contribution < 1.29 is 14.4 Å². The summed E-state index contributed by atoms with van der Waals surface area (Å²) in [6.07, 6.45) is 1.98. The Labute approximate surface area is 109 Å². The van der Waals surface area contributed by atoms with Crippen LogP contribution in [0.2, 0.25) is 0 Å². The van der Waals surface area contributed by atoms with Crippen molar-refractivity contribution in [2.45, 2.75) is 12.8 Å². The molecule has 1 aliphatic heterocycles. The van der Waals surface area contributed by atoms with Gasteiger partial charge in [0, 0.05) is 11.0 Å². The van der Waals surface area contributed by atoms with Crippen LogP contribution >= 0.6 is 15.9 Å². The van der Waals surface area contributed by atoms with E-state index in [9.17, 15) is 4.79 Å². The van der Waals surface area contributed by atoms with Gasteiger partial charge in [-0.1, -0.05) is 0 Å². The second-order valence-corrected chi connectivity index (χ2v) is 4.65. The first-order valence-electron chi connectivity index (χ1n) is 5.50. The first-order chi connectivity index (χ1) is 8.22. The van der Waals surface area contributed by atoms with Crippen LogP contribution in [0.5, 0.6) is 5.75 Å². The summed E-state index contributed by atoms with van der Waals surface area (Å²) in [6.45, 7) is 1.25. The van der Waals surface area contributed by atoms with Crippen molar-refractivity contribution in [2.24, 2.45) is 0 Å². The van der Waals surface area contributed by atoms with Crippen LogP contribution in [0.15, 0.2) is 22.7 Å². The number of halogens is 1. The summed E-state index contributed by atoms with van der Waals surface area (Å²) in [7, 11) is 1.58. The average molecular weight is 300 g/mol. The van der Waals surface area contributed by atoms with E-state index in [1.807, 2.05) is 0 Å². The Bertz CT molecular complexity index is 416. The molecule has 1 aromatic carbocycles. The molecule has 1 amide bonds. The Morgan fingerprint density at radius 1 is 1.47 bits per heavy atom. The molecule has 0 atom stereocenters. The summed E-state index contributed by atoms with van der Waals surface area (Å²) >= 11 is 3.37. The fraction of sp³-hybridized carbons (Fsp3) is 0.417. The van der Waals surface area contributed by atoms with Crippen LogP contribution < -0.4 is 4.74 Å². The predicted molar refractivity (Wildman–Crippen MR) is 66.9 cm³/mol. The zero-order chi connectivity index (χ0) is 12.3. The summed E-state index contributed by atoms with van der Waals surface area (Å²) in [5.41, 5.74) is 0.561. The lowest BCUT2D eigenvalue weighted by molar-refractivity contribution is -0.144. The van der Waals surface area contributed by atoms with Gasteiger partial charge in [-0.05, 0) is 47.0 Å². The van der Waals surface area contributed by atoms with Crippen LogP contribution in [0.1, 0.15) is 23.2 Å². The van der Waals surface area contributed by atoms with Crippen LogP contribution in [0.25, 0.3) is 0 Å². The first kappa shape index (κ1) is 12.4. The van der Waals surface area contributed by atoms with Gasteiger partial charge in [-0.3, -0.25) is 9.63 Å². The molecule has 4 nitrogen and oxygen atoms in total. The van der Waals surface area contributed by atoms with Crippen LogP contribution in [-0.2, 0) is 4.84 Å². The summed E-state index contributed by atoms with van der Waals surface area (Å²) in [5.74, 6) is 0.532. The van der Waals surface area contributed by atoms with Crippen LogP contribution in [0, 0.1) is 0 Å². The van der Waals surface area contributed by atoms with Crippen molar-refractivity contribution in [2.75, 3.05) is 20.3 Å². The average Bonchev–Trinajstić information content (AvgIpc) is 2.39. The van der Waals surface area contributed by atoms with Crippen molar-refractivity contribution in [1.82, 2.24) is 5.06 Å². The van der Waals surface area contributed by atoms with Crippen molar-refractivity contribution >= 4 is 21.8 Å². The van der Waals surface area contributed by atoms with E-state index in [0.29, 0.717) is 24.5 Å². The van der Waals surface area contributed by atoms with E-state index in [1.165, 1.54) is 5.06 Å². The molecule has 5 heteroatoms. The molecule has 1 aliphatic rings. The Hall–Kier alpha value is -1.07. The molecule has 0 N–H and O–H groups in total. The summed E-state index contributed by atoms with van der Waals surface area (Å²) in [5, 5.41) is 1.42. The van der Waals surface area contributed by atoms with Gasteiger partial charge >= 0.3 is 0 Å². The minimum absolute atomic E-state index is 0.129. The van der Waals surface area contributed by atoms with Crippen molar-refractivity contribution in [3.63, 3.8) is 0 Å². The van der Waals surface area contributed by atoms with Gasteiger partial charge in [0.05, 0.1) is 19.3 Å². The summed E-state index contributed by atoms with van der Waals surface area (Å²) in [6, 6.07) is 5.32. The lowest BCUT2D eigenvalue weighted by Gasteiger charge is -2.26. The topological polar surface area (TPSA) is 38.8 Å². The van der Waals surface area contributed by atoms with Gasteiger partial charge in [0.1, 0.15) is 5.75 Å². The standard InChI is InChI=1S/C12H14BrNO3/c1-16-9-4-5-11(13)10(8-9)12(15)14-6-2-3-7-17-14/h4-5,8H,2-3,6-7H2,1H3. The van der Waals surface area contributed by atoms with Crippen molar-refractivity contribution in [3.05, 3.63) is 28.2 Å². The minimum Gasteiger partial charge on any atom is -0.497 e. The molecule has 1 fully saturated rings. The molecule has 1 heterocycles. The summed E-state index contributed by atoms with van der Waals surface area (Å²) in [4.78, 5) is 17.5. The third kappa shape index (κ3) is 2.79. The van der Waals surface area contributed by atoms with Crippen molar-refractivity contribution in [3.8, 4) is 5.75 Å². The largest absolute Gasteiger partial charge is 0.497 e. The number of hydroxylamine groups is 2. The smallest absolute Gasteiger partial charge is 0.278 e. The van der Waals surface area contributed by atoms with E-state index in [0.717, 1.165) is 17.3 Å². The second kappa shape index (κ2) is 5.51. The van der Waals surface area contributed by atoms with Crippen LogP contribution in [0.4, 0.5) is 0 Å². The van der Waals surface area contributed by atoms with Gasteiger partial charge in [-0.2, -0.15) is 0 Å². The zero-order valence-electron chi connectivity index (χ0n) is 9.61. The van der Waals surface area contributed by atoms with Gasteiger partial charge in [0.15, 0.2) is 0 Å². The molecule has 17 heavy (non-hydrogen) atoms. The fourth-order valence-corrected chi connectivity index (χ4v) is 2.10. The molecule has 1 saturated heterocycles. The Balaban J connectivity index is 2.22. The van der Waals surface area contributed by atoms with Gasteiger partial charge in [0.25, 0.3) is 5.91 Å². The van der Waals surface area contributed by atoms with E-state index in [1.54, 1.807) is 25.3 Å². The number of carbonyl (C=O) groups excluding carboxylic acids is 1. The molecule has 0 spiro atoms. The van der Waals surface area contributed by atoms with E-state index in [4.69, 9.17) is 9.57 Å². The molecular formula is C12H14BrNO3. The number of rotatable bonds is 2. The normalized spacial score (nSPS) is 15.8. The van der Waals surface area contributed by atoms with E-state index < -0.39 is 0 Å². The van der Waals surface area contributed by atoms with Gasteiger partial charge in [-0.25, -0.2) is 5.06 Å². The number of amides is 1. The number of hydrogen-bond donors (Lipinski definition) is 0. The Kier molecular flexibility index (Phi) is 4.02. The number of nitrogens with zero attached hydrogens (tertiary/aromatic N) is 1. The quantitative estimate of drug-likeness (QED) is 0.843. The summed E-state index contributed by atoms with van der Waals surface area (Å²) < 4.78 is 5.86. The molecule has 92 valence electrons. The minimum atomic E-state index is -0.129. The van der Waals surface area contributed by atoms with Crippen LogP contribution in [-0.4, -0.2) is 31.2 Å². The third-order valence-electron chi connectivity index (χ3n) is 2.63. The number of methoxy groups -OCH3 is 1. The van der Waals surface area contributed by atoms with Gasteiger partial charge < -0.3 is 4.74 Å². The van der Waals surface area contributed by atoms with Gasteiger partial charge in [0.2, 0.25) is 0 Å². The molecule has 0 saturated carbocycles. The highest BCUT2D eigenvalue weighted by molar-refractivity contribution is 9.10. The molecule has 0 unspecified atom stereocenters. The van der Waals surface area contributed by atoms with E-state index in [-0.39, 0.29) is 5.91 Å². The zero-order valence-corrected chi connectivity index (χ0v) is 11.2. The number of ether oxygens (including phenoxy) is 1. The predicted octanol–water partition coefficient (Wildman–Crippen LogP) is 2.63. The molecule has 0 aromatic heterocycles. The van der Waals surface area contributed by atoms with E-state index in [2.05, 4.69) is 15.9 Å². The number of hydrogen-bond acceptors (Lipinski definition) is 3. The van der Waals surface area contributed by atoms with Crippen molar-refractivity contribution in [1.29, 1.82) is 0 Å². The third-order valence-corrected chi connectivity index (χ3v) is 3.32. The lowest BCUT2D eigenvalue weighted by Crippen LogP contribution is -2.35. The maximum atomic E-state index is 12.2. The SMILES string of the molecule is COc1ccc(Br)c(C(=O)N2CCCCO2)c1. The lowest BCUT2D eigenvalue weighted by atomic mass is 10.2. The maximum absolute atomic E-state index is 12.2. The molecule has 0 radical (unpaired) electrons. The second-order valence-electron chi connectivity index (χ2n) is 3.79. The fourth-order valence-electron chi connectivity index (χ4n) is 1.69. The molecule has 0 aliphatic carbocycles. The number of benzene rings is 1. The monoisotopic (exact) mass is 299 g/mol. The highest BCUT2D eigenvalue weighted by Gasteiger charge is 2.21. The molecule has 0 bridgehead atoms. The maximum Gasteiger partial charge on any atom is 0.278 e. The Morgan fingerprint density at radius 3 is 2.94 bits per heavy atom. The Morgan fingerprint density at radius 2 is 2.29 bits per heavy atom. The highest BCUT2D eigenvalue weighted by Crippen LogP contribution is 2.24. The number of carbonyl (C=O) groups is 1. The van der Waals surface area contributed by atoms with Gasteiger partial charge in [-0.15, -0.1) is 0 Å². The van der Waals surface area contributed by atoms with Crippen LogP contribution in [0.3, 0.4) is 0 Å². The molecule has 2 rings (SSSR count). The first-order valence-corrected chi connectivity index (χ1v) is 6.30.